The second-order valence-electron chi connectivity index (χ2n) is 14.7. The average Bonchev–Trinajstić information content (AvgIpc) is 3.25. The van der Waals surface area contributed by atoms with Gasteiger partial charge in [0.25, 0.3) is 0 Å². The first-order chi connectivity index (χ1) is 18.3. The number of rotatable bonds is 14. The molecule has 218 valence electrons. The van der Waals surface area contributed by atoms with E-state index in [1.54, 1.807) is 5.57 Å². The van der Waals surface area contributed by atoms with Gasteiger partial charge in [-0.25, -0.2) is 0 Å². The van der Waals surface area contributed by atoms with E-state index in [2.05, 4.69) is 59.8 Å². The van der Waals surface area contributed by atoms with Gasteiger partial charge in [-0.15, -0.1) is 0 Å². The second-order valence-corrected chi connectivity index (χ2v) is 14.7. The topological polar surface area (TPSA) is 18.5 Å². The van der Waals surface area contributed by atoms with Crippen LogP contribution in [-0.2, 0) is 9.47 Å². The first-order valence-corrected chi connectivity index (χ1v) is 16.8. The Morgan fingerprint density at radius 3 is 2.58 bits per heavy atom. The van der Waals surface area contributed by atoms with Crippen molar-refractivity contribution >= 4 is 0 Å². The van der Waals surface area contributed by atoms with Gasteiger partial charge >= 0.3 is 0 Å². The molecular formula is C36H62O2. The Bertz CT molecular complexity index is 782. The summed E-state index contributed by atoms with van der Waals surface area (Å²) in [5.41, 5.74) is 2.77. The Morgan fingerprint density at radius 1 is 0.947 bits per heavy atom. The van der Waals surface area contributed by atoms with Crippen LogP contribution in [0.2, 0.25) is 0 Å². The summed E-state index contributed by atoms with van der Waals surface area (Å²) in [6.45, 7) is 17.4. The summed E-state index contributed by atoms with van der Waals surface area (Å²) in [7, 11) is 0. The van der Waals surface area contributed by atoms with E-state index < -0.39 is 0 Å². The van der Waals surface area contributed by atoms with Crippen molar-refractivity contribution in [1.82, 2.24) is 0 Å². The van der Waals surface area contributed by atoms with E-state index in [0.717, 1.165) is 61.7 Å². The van der Waals surface area contributed by atoms with Crippen LogP contribution >= 0.6 is 0 Å². The van der Waals surface area contributed by atoms with Gasteiger partial charge in [0.2, 0.25) is 0 Å². The summed E-state index contributed by atoms with van der Waals surface area (Å²) in [5.74, 6) is 5.50. The summed E-state index contributed by atoms with van der Waals surface area (Å²) in [6.07, 6.45) is 26.3. The van der Waals surface area contributed by atoms with Crippen LogP contribution in [0.4, 0.5) is 0 Å². The van der Waals surface area contributed by atoms with Crippen LogP contribution in [0.1, 0.15) is 131 Å². The minimum absolute atomic E-state index is 0.410. The van der Waals surface area contributed by atoms with Crippen molar-refractivity contribution in [3.05, 3.63) is 23.8 Å². The van der Waals surface area contributed by atoms with E-state index in [4.69, 9.17) is 9.47 Å². The van der Waals surface area contributed by atoms with Crippen LogP contribution < -0.4 is 0 Å². The smallest absolute Gasteiger partial charge is 0.0651 e. The predicted octanol–water partition coefficient (Wildman–Crippen LogP) is 10.2. The van der Waals surface area contributed by atoms with Crippen molar-refractivity contribution in [3.8, 4) is 0 Å². The molecule has 0 heterocycles. The minimum Gasteiger partial charge on any atom is -0.381 e. The molecule has 3 saturated carbocycles. The van der Waals surface area contributed by atoms with E-state index in [-0.39, 0.29) is 0 Å². The fraction of sp³-hybridized carbons (Fsp3) is 0.889. The maximum absolute atomic E-state index is 6.36. The quantitative estimate of drug-likeness (QED) is 0.165. The highest BCUT2D eigenvalue weighted by molar-refractivity contribution is 5.25. The molecule has 0 spiro atoms. The van der Waals surface area contributed by atoms with Crippen molar-refractivity contribution < 1.29 is 9.47 Å². The third-order valence-corrected chi connectivity index (χ3v) is 11.9. The van der Waals surface area contributed by atoms with Crippen LogP contribution in [0.25, 0.3) is 0 Å². The van der Waals surface area contributed by atoms with E-state index in [1.807, 2.05) is 0 Å². The average molecular weight is 527 g/mol. The summed E-state index contributed by atoms with van der Waals surface area (Å²) >= 11 is 0. The van der Waals surface area contributed by atoms with Crippen molar-refractivity contribution in [2.75, 3.05) is 19.8 Å². The zero-order valence-electron chi connectivity index (χ0n) is 26.1. The minimum atomic E-state index is 0.410. The van der Waals surface area contributed by atoms with E-state index in [1.165, 1.54) is 83.5 Å². The van der Waals surface area contributed by atoms with Crippen molar-refractivity contribution in [1.29, 1.82) is 0 Å². The fourth-order valence-electron chi connectivity index (χ4n) is 9.67. The molecule has 0 aromatic rings. The largest absolute Gasteiger partial charge is 0.381 e. The summed E-state index contributed by atoms with van der Waals surface area (Å²) in [6, 6.07) is 0. The second kappa shape index (κ2) is 13.8. The molecule has 3 unspecified atom stereocenters. The van der Waals surface area contributed by atoms with E-state index in [0.29, 0.717) is 16.9 Å². The number of allylic oxidation sites excluding steroid dienone is 1. The van der Waals surface area contributed by atoms with E-state index in [9.17, 15) is 0 Å². The highest BCUT2D eigenvalue weighted by atomic mass is 16.5. The van der Waals surface area contributed by atoms with Crippen LogP contribution in [0.15, 0.2) is 23.8 Å². The Labute approximate surface area is 236 Å². The molecule has 4 aliphatic carbocycles. The summed E-state index contributed by atoms with van der Waals surface area (Å²) < 4.78 is 12.0. The van der Waals surface area contributed by atoms with Gasteiger partial charge in [-0.3, -0.25) is 0 Å². The first-order valence-electron chi connectivity index (χ1n) is 16.8. The lowest BCUT2D eigenvalue weighted by Crippen LogP contribution is -2.51. The normalized spacial score (nSPS) is 37.7. The van der Waals surface area contributed by atoms with Gasteiger partial charge in [0.05, 0.1) is 19.3 Å². The monoisotopic (exact) mass is 526 g/mol. The lowest BCUT2D eigenvalue weighted by Gasteiger charge is -2.58. The number of unbranched alkanes of at least 4 members (excludes halogenated alkanes) is 1. The Kier molecular flexibility index (Phi) is 11.1. The third-order valence-electron chi connectivity index (χ3n) is 11.9. The molecule has 8 atom stereocenters. The number of ether oxygens (including phenoxy) is 2. The van der Waals surface area contributed by atoms with E-state index >= 15 is 0 Å². The highest BCUT2D eigenvalue weighted by Crippen LogP contribution is 2.67. The van der Waals surface area contributed by atoms with Gasteiger partial charge in [0.1, 0.15) is 0 Å². The van der Waals surface area contributed by atoms with Crippen LogP contribution in [0.3, 0.4) is 0 Å². The number of hydrogen-bond acceptors (Lipinski definition) is 2. The van der Waals surface area contributed by atoms with Crippen molar-refractivity contribution in [2.24, 2.45) is 46.3 Å². The SMILES string of the molecule is CCCCOCC/C=C/CO[C@H]1CC[C@@]2(C)C(=CCC3C2CC[C@@]2(C)C3CC[C@@H]2[C@H](C)CCCC(C)C)C1. The first kappa shape index (κ1) is 30.4. The van der Waals surface area contributed by atoms with Gasteiger partial charge in [-0.1, -0.05) is 91.0 Å². The zero-order chi connectivity index (χ0) is 27.2. The zero-order valence-corrected chi connectivity index (χ0v) is 26.1. The molecule has 4 rings (SSSR count). The van der Waals surface area contributed by atoms with Gasteiger partial charge in [-0.2, -0.15) is 0 Å². The lowest BCUT2D eigenvalue weighted by atomic mass is 9.47. The van der Waals surface area contributed by atoms with Gasteiger partial charge in [-0.05, 0) is 111 Å². The molecule has 2 heteroatoms. The highest BCUT2D eigenvalue weighted by Gasteiger charge is 2.59. The molecule has 0 saturated heterocycles. The molecule has 0 aromatic heterocycles. The van der Waals surface area contributed by atoms with Crippen LogP contribution in [-0.4, -0.2) is 25.9 Å². The Morgan fingerprint density at radius 2 is 1.79 bits per heavy atom. The Hall–Kier alpha value is -0.600. The van der Waals surface area contributed by atoms with Gasteiger partial charge in [0, 0.05) is 6.61 Å². The third kappa shape index (κ3) is 6.82. The molecule has 3 fully saturated rings. The molecular weight excluding hydrogens is 464 g/mol. The molecule has 0 aromatic carbocycles. The van der Waals surface area contributed by atoms with Crippen LogP contribution in [0.5, 0.6) is 0 Å². The summed E-state index contributed by atoms with van der Waals surface area (Å²) in [5, 5.41) is 0. The van der Waals surface area contributed by atoms with Crippen molar-refractivity contribution in [2.45, 2.75) is 138 Å². The van der Waals surface area contributed by atoms with Crippen LogP contribution in [0, 0.1) is 46.3 Å². The molecule has 0 amide bonds. The summed E-state index contributed by atoms with van der Waals surface area (Å²) in [4.78, 5) is 0. The number of hydrogen-bond donors (Lipinski definition) is 0. The molecule has 38 heavy (non-hydrogen) atoms. The molecule has 0 aliphatic heterocycles. The standard InChI is InChI=1S/C36H62O2/c1-7-8-23-37-24-10-9-11-25-38-30-19-21-35(5)29(26-30)15-16-31-33-18-17-32(28(4)14-12-13-27(2)3)36(33,6)22-20-34(31)35/h9,11,15,27-28,30-34H,7-8,10,12-14,16-26H2,1-6H3/b11-9+/t28-,30+,31?,32-,33?,34?,35+,36-/m1/s1. The maximum Gasteiger partial charge on any atom is 0.0651 e. The van der Waals surface area contributed by atoms with Crippen molar-refractivity contribution in [3.63, 3.8) is 0 Å². The molecule has 2 nitrogen and oxygen atoms in total. The number of fused-ring (bicyclic) bond motifs is 5. The predicted molar refractivity (Wildman–Crippen MR) is 162 cm³/mol. The molecule has 4 aliphatic rings. The molecule has 0 N–H and O–H groups in total. The molecule has 0 radical (unpaired) electrons. The molecule has 0 bridgehead atoms. The Balaban J connectivity index is 1.28. The van der Waals surface area contributed by atoms with Gasteiger partial charge < -0.3 is 9.47 Å². The lowest BCUT2D eigenvalue weighted by molar-refractivity contribution is -0.0621. The van der Waals surface area contributed by atoms with Gasteiger partial charge in [0.15, 0.2) is 0 Å². The maximum atomic E-state index is 6.36. The fourth-order valence-corrected chi connectivity index (χ4v) is 9.67.